The Morgan fingerprint density at radius 2 is 2.83 bits per heavy atom. The molecule has 0 atom stereocenters. The topological polar surface area (TPSA) is 12.9 Å². The second-order valence-electron chi connectivity index (χ2n) is 0.731. The summed E-state index contributed by atoms with van der Waals surface area (Å²) in [5.74, 6) is 0. The van der Waals surface area contributed by atoms with Crippen LogP contribution in [0.4, 0.5) is 4.39 Å². The summed E-state index contributed by atoms with van der Waals surface area (Å²) in [7, 11) is 0. The van der Waals surface area contributed by atoms with Crippen LogP contribution >= 0.6 is 11.3 Å². The zero-order valence-corrected chi connectivity index (χ0v) is 3.63. The van der Waals surface area contributed by atoms with Gasteiger partial charge in [0, 0.05) is 6.20 Å². The quantitative estimate of drug-likeness (QED) is 0.477. The molecule has 0 unspecified atom stereocenters. The predicted molar refractivity (Wildman–Crippen MR) is 20.9 cm³/mol. The van der Waals surface area contributed by atoms with Gasteiger partial charge in [-0.05, 0) is 0 Å². The van der Waals surface area contributed by atoms with E-state index in [0.29, 0.717) is 0 Å². The van der Waals surface area contributed by atoms with Crippen molar-refractivity contribution in [1.82, 2.24) is 4.98 Å². The molecule has 0 aliphatic carbocycles. The van der Waals surface area contributed by atoms with E-state index < -0.39 is 5.26 Å². The minimum atomic E-state index is -0.421. The number of hydrogen-bond donors (Lipinski definition) is 0. The molecule has 0 aliphatic rings. The van der Waals surface area contributed by atoms with Crippen molar-refractivity contribution in [1.29, 1.82) is 0 Å². The third kappa shape index (κ3) is 0.542. The third-order valence-corrected chi connectivity index (χ3v) is 0.859. The van der Waals surface area contributed by atoms with Crippen molar-refractivity contribution in [3.63, 3.8) is 0 Å². The van der Waals surface area contributed by atoms with E-state index >= 15 is 0 Å². The Kier molecular flexibility index (Phi) is 0.837. The van der Waals surface area contributed by atoms with E-state index in [4.69, 9.17) is 0 Å². The highest BCUT2D eigenvalue weighted by Gasteiger charge is 1.83. The summed E-state index contributed by atoms with van der Waals surface area (Å²) in [6, 6.07) is 0. The van der Waals surface area contributed by atoms with Crippen molar-refractivity contribution in [2.45, 2.75) is 0 Å². The van der Waals surface area contributed by atoms with Gasteiger partial charge in [0.15, 0.2) is 0 Å². The van der Waals surface area contributed by atoms with Gasteiger partial charge < -0.3 is 0 Å². The molecule has 1 radical (unpaired) electrons. The molecule has 1 aromatic rings. The number of nitrogens with zero attached hydrogens (tertiary/aromatic N) is 1. The van der Waals surface area contributed by atoms with Crippen LogP contribution in [0.15, 0.2) is 6.20 Å². The number of rotatable bonds is 0. The average Bonchev–Trinajstić information content (AvgIpc) is 1.86. The van der Waals surface area contributed by atoms with E-state index in [1.54, 1.807) is 0 Å². The second kappa shape index (κ2) is 1.34. The predicted octanol–water partition coefficient (Wildman–Crippen LogP) is 1.08. The summed E-state index contributed by atoms with van der Waals surface area (Å²) in [4.78, 5) is 3.21. The molecular weight excluding hydrogens is 101 g/mol. The first-order chi connectivity index (χ1) is 2.89. The van der Waals surface area contributed by atoms with Crippen molar-refractivity contribution < 1.29 is 4.39 Å². The van der Waals surface area contributed by atoms with Crippen LogP contribution in [0, 0.1) is 10.6 Å². The fourth-order valence-corrected chi connectivity index (χ4v) is 0.486. The normalized spacial score (nSPS) is 8.83. The van der Waals surface area contributed by atoms with E-state index in [9.17, 15) is 4.39 Å². The molecule has 1 aromatic heterocycles. The van der Waals surface area contributed by atoms with Crippen LogP contribution in [0.25, 0.3) is 0 Å². The van der Waals surface area contributed by atoms with Gasteiger partial charge in [0.05, 0.1) is 5.38 Å². The molecule has 31 valence electrons. The summed E-state index contributed by atoms with van der Waals surface area (Å²) >= 11 is 0.875. The molecule has 3 heteroatoms. The van der Waals surface area contributed by atoms with Gasteiger partial charge in [0.2, 0.25) is 0 Å². The molecule has 0 aromatic carbocycles. The van der Waals surface area contributed by atoms with Crippen molar-refractivity contribution in [2.75, 3.05) is 0 Å². The lowest BCUT2D eigenvalue weighted by atomic mass is 11.0. The summed E-state index contributed by atoms with van der Waals surface area (Å²) < 4.78 is 11.5. The first kappa shape index (κ1) is 3.74. The smallest absolute Gasteiger partial charge is 0.217 e. The SMILES string of the molecule is Fc1nc[c]s1. The Labute approximate surface area is 38.5 Å². The van der Waals surface area contributed by atoms with Crippen LogP contribution in [-0.2, 0) is 0 Å². The molecule has 1 rings (SSSR count). The molecule has 0 aliphatic heterocycles. The minimum Gasteiger partial charge on any atom is -0.217 e. The first-order valence-electron chi connectivity index (χ1n) is 1.37. The lowest BCUT2D eigenvalue weighted by Crippen LogP contribution is -1.58. The Bertz CT molecular complexity index is 114. The second-order valence-corrected chi connectivity index (χ2v) is 1.51. The molecule has 1 heterocycles. The Morgan fingerprint density at radius 1 is 2.00 bits per heavy atom. The maximum Gasteiger partial charge on any atom is 0.269 e. The largest absolute Gasteiger partial charge is 0.269 e. The number of halogens is 1. The van der Waals surface area contributed by atoms with Crippen LogP contribution in [0.3, 0.4) is 0 Å². The standard InChI is InChI=1S/C3HFNS/c4-3-5-1-2-6-3/h1H. The van der Waals surface area contributed by atoms with Gasteiger partial charge in [0.25, 0.3) is 5.26 Å². The molecule has 0 spiro atoms. The Hall–Kier alpha value is -0.440. The van der Waals surface area contributed by atoms with E-state index in [1.807, 2.05) is 0 Å². The van der Waals surface area contributed by atoms with Gasteiger partial charge in [-0.1, -0.05) is 11.3 Å². The molecule has 6 heavy (non-hydrogen) atoms. The monoisotopic (exact) mass is 102 g/mol. The third-order valence-electron chi connectivity index (χ3n) is 0.362. The fraction of sp³-hybridized carbons (Fsp3) is 0. The van der Waals surface area contributed by atoms with Gasteiger partial charge in [-0.25, -0.2) is 4.98 Å². The molecule has 0 bridgehead atoms. The highest BCUT2D eigenvalue weighted by molar-refractivity contribution is 7.07. The summed E-state index contributed by atoms with van der Waals surface area (Å²) in [6.07, 6.45) is 1.31. The Morgan fingerprint density at radius 3 is 3.00 bits per heavy atom. The maximum atomic E-state index is 11.5. The molecular formula is C3HFNS. The van der Waals surface area contributed by atoms with Crippen molar-refractivity contribution in [3.05, 3.63) is 16.8 Å². The summed E-state index contributed by atoms with van der Waals surface area (Å²) in [5, 5.41) is 2.06. The zero-order chi connectivity index (χ0) is 4.41. The van der Waals surface area contributed by atoms with Gasteiger partial charge in [0.1, 0.15) is 0 Å². The number of thiazole rings is 1. The molecule has 0 amide bonds. The van der Waals surface area contributed by atoms with E-state index in [-0.39, 0.29) is 0 Å². The van der Waals surface area contributed by atoms with Crippen molar-refractivity contribution in [3.8, 4) is 0 Å². The minimum absolute atomic E-state index is 0.421. The first-order valence-corrected chi connectivity index (χ1v) is 2.18. The highest BCUT2D eigenvalue weighted by atomic mass is 32.1. The lowest BCUT2D eigenvalue weighted by molar-refractivity contribution is 0.617. The number of hydrogen-bond acceptors (Lipinski definition) is 2. The molecule has 0 saturated carbocycles. The average molecular weight is 102 g/mol. The van der Waals surface area contributed by atoms with Crippen LogP contribution in [0.2, 0.25) is 0 Å². The summed E-state index contributed by atoms with van der Waals surface area (Å²) in [5.41, 5.74) is 0. The van der Waals surface area contributed by atoms with Crippen molar-refractivity contribution >= 4 is 11.3 Å². The van der Waals surface area contributed by atoms with Gasteiger partial charge >= 0.3 is 0 Å². The molecule has 0 N–H and O–H groups in total. The van der Waals surface area contributed by atoms with E-state index in [1.165, 1.54) is 6.20 Å². The van der Waals surface area contributed by atoms with Crippen LogP contribution in [0.5, 0.6) is 0 Å². The Balaban J connectivity index is 3.05. The lowest BCUT2D eigenvalue weighted by Gasteiger charge is -1.59. The fourth-order valence-electron chi connectivity index (χ4n) is 0.178. The molecule has 0 fully saturated rings. The van der Waals surface area contributed by atoms with E-state index in [2.05, 4.69) is 10.4 Å². The number of aromatic nitrogens is 1. The van der Waals surface area contributed by atoms with Crippen molar-refractivity contribution in [2.24, 2.45) is 0 Å². The van der Waals surface area contributed by atoms with Gasteiger partial charge in [-0.15, -0.1) is 0 Å². The zero-order valence-electron chi connectivity index (χ0n) is 2.81. The van der Waals surface area contributed by atoms with E-state index in [0.717, 1.165) is 11.3 Å². The van der Waals surface area contributed by atoms with Crippen LogP contribution < -0.4 is 0 Å². The molecule has 0 saturated heterocycles. The van der Waals surface area contributed by atoms with Gasteiger partial charge in [-0.2, -0.15) is 4.39 Å². The highest BCUT2D eigenvalue weighted by Crippen LogP contribution is 1.96. The molecule has 1 nitrogen and oxygen atoms in total. The van der Waals surface area contributed by atoms with Gasteiger partial charge in [-0.3, -0.25) is 0 Å². The van der Waals surface area contributed by atoms with Crippen LogP contribution in [-0.4, -0.2) is 4.98 Å². The van der Waals surface area contributed by atoms with Crippen LogP contribution in [0.1, 0.15) is 0 Å². The summed E-state index contributed by atoms with van der Waals surface area (Å²) in [6.45, 7) is 0. The maximum absolute atomic E-state index is 11.5.